The van der Waals surface area contributed by atoms with Crippen LogP contribution in [0.25, 0.3) is 44.5 Å². The first-order chi connectivity index (χ1) is 28.2. The van der Waals surface area contributed by atoms with Crippen molar-refractivity contribution in [1.29, 1.82) is 0 Å². The molecule has 1 aliphatic carbocycles. The summed E-state index contributed by atoms with van der Waals surface area (Å²) in [4.78, 5) is 2.34. The molecule has 2 radical (unpaired) electrons. The fourth-order valence-electron chi connectivity index (χ4n) is 8.86. The molecule has 9 aromatic carbocycles. The van der Waals surface area contributed by atoms with Crippen LogP contribution in [-0.4, -0.2) is 7.85 Å². The molecule has 0 spiro atoms. The highest BCUT2D eigenvalue weighted by molar-refractivity contribution is 6.33. The minimum Gasteiger partial charge on any atom is -0.311 e. The van der Waals surface area contributed by atoms with Crippen LogP contribution in [0, 0.1) is 0 Å². The molecule has 0 bridgehead atoms. The van der Waals surface area contributed by atoms with E-state index in [4.69, 9.17) is 7.85 Å². The summed E-state index contributed by atoms with van der Waals surface area (Å²) in [5, 5.41) is 0. The van der Waals surface area contributed by atoms with Crippen molar-refractivity contribution in [2.45, 2.75) is 5.41 Å². The lowest BCUT2D eigenvalue weighted by Gasteiger charge is -2.35. The zero-order valence-corrected chi connectivity index (χ0v) is 31.5. The molecule has 0 amide bonds. The van der Waals surface area contributed by atoms with Gasteiger partial charge in [0.15, 0.2) is 0 Å². The number of fused-ring (bicyclic) bond motifs is 3. The third kappa shape index (κ3) is 5.98. The molecule has 1 unspecified atom stereocenters. The summed E-state index contributed by atoms with van der Waals surface area (Å²) in [5.74, 6) is 0. The molecule has 0 aromatic heterocycles. The van der Waals surface area contributed by atoms with Crippen LogP contribution in [-0.2, 0) is 5.41 Å². The van der Waals surface area contributed by atoms with Gasteiger partial charge in [-0.1, -0.05) is 194 Å². The molecule has 0 aliphatic heterocycles. The molecule has 0 N–H and O–H groups in total. The highest BCUT2D eigenvalue weighted by Crippen LogP contribution is 2.56. The van der Waals surface area contributed by atoms with Crippen molar-refractivity contribution < 1.29 is 0 Å². The molecule has 2 heteroatoms. The lowest BCUT2D eigenvalue weighted by atomic mass is 9.64. The average Bonchev–Trinajstić information content (AvgIpc) is 3.58. The lowest BCUT2D eigenvalue weighted by molar-refractivity contribution is 0.774. The molecule has 0 saturated heterocycles. The molecule has 0 fully saturated rings. The summed E-state index contributed by atoms with van der Waals surface area (Å²) < 4.78 is 0. The van der Waals surface area contributed by atoms with Crippen LogP contribution in [0.2, 0.25) is 0 Å². The summed E-state index contributed by atoms with van der Waals surface area (Å²) in [5.41, 5.74) is 17.9. The van der Waals surface area contributed by atoms with E-state index in [9.17, 15) is 0 Å². The van der Waals surface area contributed by atoms with Gasteiger partial charge in [-0.2, -0.15) is 0 Å². The molecule has 266 valence electrons. The Morgan fingerprint density at radius 2 is 0.684 bits per heavy atom. The molecule has 57 heavy (non-hydrogen) atoms. The summed E-state index contributed by atoms with van der Waals surface area (Å²) in [6.45, 7) is 0. The molecule has 9 aromatic rings. The number of anilines is 3. The van der Waals surface area contributed by atoms with Crippen molar-refractivity contribution in [1.82, 2.24) is 0 Å². The van der Waals surface area contributed by atoms with E-state index in [1.54, 1.807) is 0 Å². The van der Waals surface area contributed by atoms with Crippen LogP contribution in [0.5, 0.6) is 0 Å². The quantitative estimate of drug-likeness (QED) is 0.141. The Bertz CT molecular complexity index is 2730. The third-order valence-electron chi connectivity index (χ3n) is 11.5. The second-order valence-electron chi connectivity index (χ2n) is 14.7. The van der Waals surface area contributed by atoms with Crippen LogP contribution >= 0.6 is 0 Å². The van der Waals surface area contributed by atoms with Gasteiger partial charge in [-0.25, -0.2) is 0 Å². The second kappa shape index (κ2) is 14.5. The maximum Gasteiger partial charge on any atom is 0.114 e. The zero-order chi connectivity index (χ0) is 38.2. The van der Waals surface area contributed by atoms with Gasteiger partial charge >= 0.3 is 0 Å². The van der Waals surface area contributed by atoms with Gasteiger partial charge in [0.2, 0.25) is 0 Å². The van der Waals surface area contributed by atoms with Gasteiger partial charge < -0.3 is 4.90 Å². The molecule has 0 heterocycles. The Morgan fingerprint density at radius 3 is 1.21 bits per heavy atom. The zero-order valence-electron chi connectivity index (χ0n) is 31.5. The summed E-state index contributed by atoms with van der Waals surface area (Å²) in [7, 11) is 6.90. The smallest absolute Gasteiger partial charge is 0.114 e. The van der Waals surface area contributed by atoms with E-state index < -0.39 is 5.41 Å². The van der Waals surface area contributed by atoms with Gasteiger partial charge in [0.05, 0.1) is 5.41 Å². The number of hydrogen-bond acceptors (Lipinski definition) is 1. The van der Waals surface area contributed by atoms with Crippen LogP contribution in [0.4, 0.5) is 17.1 Å². The molecule has 1 aliphatic rings. The van der Waals surface area contributed by atoms with E-state index >= 15 is 0 Å². The Morgan fingerprint density at radius 1 is 0.298 bits per heavy atom. The minimum atomic E-state index is -0.566. The average molecular weight is 724 g/mol. The van der Waals surface area contributed by atoms with Crippen LogP contribution < -0.4 is 10.4 Å². The largest absolute Gasteiger partial charge is 0.311 e. The maximum absolute atomic E-state index is 6.90. The first-order valence-corrected chi connectivity index (χ1v) is 19.5. The monoisotopic (exact) mass is 723 g/mol. The van der Waals surface area contributed by atoms with Crippen molar-refractivity contribution in [2.24, 2.45) is 0 Å². The molecule has 0 saturated carbocycles. The topological polar surface area (TPSA) is 3.24 Å². The summed E-state index contributed by atoms with van der Waals surface area (Å²) in [6, 6.07) is 82.8. The van der Waals surface area contributed by atoms with Gasteiger partial charge in [0, 0.05) is 17.1 Å². The van der Waals surface area contributed by atoms with Crippen molar-refractivity contribution in [3.8, 4) is 44.5 Å². The van der Waals surface area contributed by atoms with Gasteiger partial charge in [0.1, 0.15) is 7.85 Å². The predicted octanol–water partition coefficient (Wildman–Crippen LogP) is 13.3. The van der Waals surface area contributed by atoms with E-state index in [-0.39, 0.29) is 0 Å². The molecular weight excluding hydrogens is 685 g/mol. The number of rotatable bonds is 8. The van der Waals surface area contributed by atoms with E-state index in [2.05, 4.69) is 223 Å². The standard InChI is InChI=1S/C55H38BN/c56-54-23-13-12-22-52(54)55(45-18-8-3-9-19-45)51-21-11-10-20-49(51)50-37-30-44(38-53(50)55)43-28-35-48(36-29-43)57(46-31-24-41(25-32-46)39-14-4-1-5-15-39)47-33-26-42(27-34-47)40-16-6-2-7-17-40/h1-38H. The predicted molar refractivity (Wildman–Crippen MR) is 240 cm³/mol. The van der Waals surface area contributed by atoms with Crippen molar-refractivity contribution in [3.63, 3.8) is 0 Å². The van der Waals surface area contributed by atoms with Crippen LogP contribution in [0.1, 0.15) is 22.3 Å². The normalized spacial score (nSPS) is 14.1. The maximum atomic E-state index is 6.90. The van der Waals surface area contributed by atoms with E-state index in [0.29, 0.717) is 0 Å². The lowest BCUT2D eigenvalue weighted by Crippen LogP contribution is -2.34. The molecule has 1 nitrogen and oxygen atoms in total. The van der Waals surface area contributed by atoms with Gasteiger partial charge in [0.25, 0.3) is 0 Å². The molecule has 10 rings (SSSR count). The fraction of sp³-hybridized carbons (Fsp3) is 0.0182. The van der Waals surface area contributed by atoms with E-state index in [1.165, 1.54) is 50.1 Å². The second-order valence-corrected chi connectivity index (χ2v) is 14.7. The molecule has 1 atom stereocenters. The van der Waals surface area contributed by atoms with E-state index in [1.807, 2.05) is 12.1 Å². The first-order valence-electron chi connectivity index (χ1n) is 19.5. The van der Waals surface area contributed by atoms with Crippen LogP contribution in [0.15, 0.2) is 231 Å². The van der Waals surface area contributed by atoms with E-state index in [0.717, 1.165) is 39.2 Å². The van der Waals surface area contributed by atoms with Crippen molar-refractivity contribution >= 4 is 30.4 Å². The number of hydrogen-bond donors (Lipinski definition) is 0. The van der Waals surface area contributed by atoms with Gasteiger partial charge in [-0.15, -0.1) is 0 Å². The highest BCUT2D eigenvalue weighted by Gasteiger charge is 2.46. The Balaban J connectivity index is 1.07. The van der Waals surface area contributed by atoms with Gasteiger partial charge in [-0.05, 0) is 109 Å². The number of nitrogens with zero attached hydrogens (tertiary/aromatic N) is 1. The Labute approximate surface area is 336 Å². The molecular formula is C55H38BN. The third-order valence-corrected chi connectivity index (χ3v) is 11.5. The van der Waals surface area contributed by atoms with Crippen LogP contribution in [0.3, 0.4) is 0 Å². The summed E-state index contributed by atoms with van der Waals surface area (Å²) >= 11 is 0. The van der Waals surface area contributed by atoms with Crippen molar-refractivity contribution in [3.05, 3.63) is 253 Å². The Kier molecular flexibility index (Phi) is 8.73. The fourth-order valence-corrected chi connectivity index (χ4v) is 8.86. The minimum absolute atomic E-state index is 0.566. The van der Waals surface area contributed by atoms with Crippen molar-refractivity contribution in [2.75, 3.05) is 4.90 Å². The Hall–Kier alpha value is -7.16. The number of benzene rings is 9. The van der Waals surface area contributed by atoms with Gasteiger partial charge in [-0.3, -0.25) is 0 Å². The first kappa shape index (κ1) is 34.3. The SMILES string of the molecule is [B]c1ccccc1C1(c2ccccc2)c2ccccc2-c2ccc(-c3ccc(N(c4ccc(-c5ccccc5)cc4)c4ccc(-c5ccccc5)cc4)cc3)cc21. The summed E-state index contributed by atoms with van der Waals surface area (Å²) in [6.07, 6.45) is 0. The highest BCUT2D eigenvalue weighted by atomic mass is 15.1.